The van der Waals surface area contributed by atoms with Crippen LogP contribution in [0.25, 0.3) is 11.1 Å². The molecule has 1 aromatic heterocycles. The predicted octanol–water partition coefficient (Wildman–Crippen LogP) is 0.829. The van der Waals surface area contributed by atoms with Gasteiger partial charge in [-0.2, -0.15) is 10.5 Å². The third-order valence-electron chi connectivity index (χ3n) is 5.00. The van der Waals surface area contributed by atoms with Crippen LogP contribution in [-0.4, -0.2) is 64.4 Å². The number of rotatable bonds is 2. The van der Waals surface area contributed by atoms with Gasteiger partial charge in [0.15, 0.2) is 6.19 Å². The highest BCUT2D eigenvalue weighted by atomic mass is 16.2. The Morgan fingerprint density at radius 2 is 1.81 bits per heavy atom. The van der Waals surface area contributed by atoms with E-state index in [0.717, 1.165) is 17.7 Å². The number of carbonyl (C=O) groups is 1. The number of nitriles is 2. The van der Waals surface area contributed by atoms with Gasteiger partial charge in [0.25, 0.3) is 0 Å². The summed E-state index contributed by atoms with van der Waals surface area (Å²) in [4.78, 5) is 27.0. The molecule has 0 aliphatic carbocycles. The number of piperazine rings is 2. The van der Waals surface area contributed by atoms with Gasteiger partial charge in [-0.05, 0) is 17.7 Å². The van der Waals surface area contributed by atoms with Gasteiger partial charge in [-0.25, -0.2) is 9.97 Å². The van der Waals surface area contributed by atoms with Gasteiger partial charge in [0.05, 0.1) is 18.2 Å². The van der Waals surface area contributed by atoms with E-state index in [1.165, 1.54) is 0 Å². The van der Waals surface area contributed by atoms with E-state index in [2.05, 4.69) is 27.1 Å². The molecule has 2 aromatic rings. The average Bonchev–Trinajstić information content (AvgIpc) is 2.74. The number of aromatic nitrogens is 2. The summed E-state index contributed by atoms with van der Waals surface area (Å²) in [6.45, 7) is 3.06. The lowest BCUT2D eigenvalue weighted by Gasteiger charge is -2.44. The predicted molar refractivity (Wildman–Crippen MR) is 97.1 cm³/mol. The molecule has 2 aliphatic rings. The summed E-state index contributed by atoms with van der Waals surface area (Å²) < 4.78 is 0. The monoisotopic (exact) mass is 359 g/mol. The number of hydrogen-bond acceptors (Lipinski definition) is 7. The van der Waals surface area contributed by atoms with Crippen molar-refractivity contribution in [1.29, 1.82) is 10.5 Å². The second-order valence-electron chi connectivity index (χ2n) is 6.55. The number of hydrogen-bond donors (Lipinski definition) is 0. The third kappa shape index (κ3) is 3.19. The van der Waals surface area contributed by atoms with Crippen molar-refractivity contribution < 1.29 is 4.79 Å². The number of nitrogens with zero attached hydrogens (tertiary/aromatic N) is 7. The Kier molecular flexibility index (Phi) is 4.41. The summed E-state index contributed by atoms with van der Waals surface area (Å²) in [7, 11) is 0. The highest BCUT2D eigenvalue weighted by Crippen LogP contribution is 2.23. The van der Waals surface area contributed by atoms with Crippen LogP contribution in [0.3, 0.4) is 0 Å². The van der Waals surface area contributed by atoms with Gasteiger partial charge in [-0.15, -0.1) is 0 Å². The van der Waals surface area contributed by atoms with Crippen molar-refractivity contribution in [2.24, 2.45) is 0 Å². The van der Waals surface area contributed by atoms with E-state index < -0.39 is 0 Å². The first-order valence-electron chi connectivity index (χ1n) is 8.72. The van der Waals surface area contributed by atoms with Crippen molar-refractivity contribution in [3.05, 3.63) is 42.2 Å². The van der Waals surface area contributed by atoms with Gasteiger partial charge in [-0.1, -0.05) is 12.1 Å². The molecular formula is C19H17N7O. The first kappa shape index (κ1) is 17.0. The molecule has 8 heteroatoms. The van der Waals surface area contributed by atoms with Gasteiger partial charge >= 0.3 is 0 Å². The normalized spacial score (nSPS) is 19.9. The van der Waals surface area contributed by atoms with Gasteiger partial charge in [0.1, 0.15) is 6.04 Å². The molecule has 0 radical (unpaired) electrons. The van der Waals surface area contributed by atoms with Crippen LogP contribution in [0.1, 0.15) is 5.56 Å². The van der Waals surface area contributed by atoms with Crippen molar-refractivity contribution in [2.75, 3.05) is 37.6 Å². The summed E-state index contributed by atoms with van der Waals surface area (Å²) in [6.07, 6.45) is 5.46. The Hall–Kier alpha value is -3.49. The largest absolute Gasteiger partial charge is 0.307 e. The van der Waals surface area contributed by atoms with E-state index in [9.17, 15) is 4.79 Å². The van der Waals surface area contributed by atoms with E-state index in [-0.39, 0.29) is 11.9 Å². The summed E-state index contributed by atoms with van der Waals surface area (Å²) in [5.41, 5.74) is 2.21. The third-order valence-corrected chi connectivity index (χ3v) is 5.00. The summed E-state index contributed by atoms with van der Waals surface area (Å²) in [5, 5.41) is 18.1. The second-order valence-corrected chi connectivity index (χ2v) is 6.55. The van der Waals surface area contributed by atoms with Gasteiger partial charge in [-0.3, -0.25) is 14.6 Å². The first-order valence-corrected chi connectivity index (χ1v) is 8.72. The zero-order valence-electron chi connectivity index (χ0n) is 14.6. The number of anilines is 1. The molecule has 1 unspecified atom stereocenters. The molecule has 2 saturated heterocycles. The first-order chi connectivity index (χ1) is 13.2. The number of carbonyl (C=O) groups excluding carboxylic acids is 1. The molecule has 2 fully saturated rings. The Morgan fingerprint density at radius 3 is 2.56 bits per heavy atom. The molecule has 2 aliphatic heterocycles. The fraction of sp³-hybridized carbons (Fsp3) is 0.316. The average molecular weight is 359 g/mol. The van der Waals surface area contributed by atoms with Crippen LogP contribution in [0.4, 0.5) is 5.95 Å². The number of amides is 1. The van der Waals surface area contributed by atoms with E-state index in [4.69, 9.17) is 10.5 Å². The minimum atomic E-state index is -0.331. The van der Waals surface area contributed by atoms with E-state index >= 15 is 0 Å². The molecule has 4 rings (SSSR count). The fourth-order valence-corrected chi connectivity index (χ4v) is 3.51. The van der Waals surface area contributed by atoms with Crippen molar-refractivity contribution >= 4 is 11.9 Å². The molecule has 1 atom stereocenters. The summed E-state index contributed by atoms with van der Waals surface area (Å²) >= 11 is 0. The highest BCUT2D eigenvalue weighted by molar-refractivity contribution is 5.96. The lowest BCUT2D eigenvalue weighted by atomic mass is 10.1. The number of benzene rings is 1. The molecule has 1 amide bonds. The lowest BCUT2D eigenvalue weighted by molar-refractivity contribution is -0.128. The molecule has 3 heterocycles. The molecule has 0 spiro atoms. The highest BCUT2D eigenvalue weighted by Gasteiger charge is 2.39. The van der Waals surface area contributed by atoms with Crippen molar-refractivity contribution in [3.63, 3.8) is 0 Å². The molecule has 0 saturated carbocycles. The molecule has 0 bridgehead atoms. The SMILES string of the molecule is N#Cc1cccc(-c2cnc(N3CCN4CCN(C#N)CC4C3=O)nc2)c1. The van der Waals surface area contributed by atoms with Gasteiger partial charge in [0, 0.05) is 44.1 Å². The molecule has 0 N–H and O–H groups in total. The van der Waals surface area contributed by atoms with Crippen LogP contribution in [0.2, 0.25) is 0 Å². The maximum atomic E-state index is 12.9. The summed E-state index contributed by atoms with van der Waals surface area (Å²) in [6, 6.07) is 9.01. The van der Waals surface area contributed by atoms with Crippen LogP contribution >= 0.6 is 0 Å². The molecule has 27 heavy (non-hydrogen) atoms. The van der Waals surface area contributed by atoms with Crippen molar-refractivity contribution in [2.45, 2.75) is 6.04 Å². The molecular weight excluding hydrogens is 342 g/mol. The molecule has 1 aromatic carbocycles. The maximum Gasteiger partial charge on any atom is 0.248 e. The molecule has 8 nitrogen and oxygen atoms in total. The van der Waals surface area contributed by atoms with Crippen LogP contribution < -0.4 is 4.90 Å². The quantitative estimate of drug-likeness (QED) is 0.732. The minimum Gasteiger partial charge on any atom is -0.307 e. The van der Waals surface area contributed by atoms with Crippen LogP contribution in [0.5, 0.6) is 0 Å². The van der Waals surface area contributed by atoms with Crippen molar-refractivity contribution in [1.82, 2.24) is 19.8 Å². The fourth-order valence-electron chi connectivity index (χ4n) is 3.51. The van der Waals surface area contributed by atoms with Crippen LogP contribution in [0.15, 0.2) is 36.7 Å². The Labute approximate surface area is 156 Å². The Balaban J connectivity index is 1.54. The maximum absolute atomic E-state index is 12.9. The minimum absolute atomic E-state index is 0.0690. The van der Waals surface area contributed by atoms with Crippen LogP contribution in [-0.2, 0) is 4.79 Å². The number of fused-ring (bicyclic) bond motifs is 1. The zero-order chi connectivity index (χ0) is 18.8. The van der Waals surface area contributed by atoms with E-state index in [0.29, 0.717) is 37.7 Å². The Bertz CT molecular complexity index is 944. The standard InChI is InChI=1S/C19H17N7O/c20-9-14-2-1-3-15(8-14)16-10-22-19(23-11-16)26-7-6-25-5-4-24(13-21)12-17(25)18(26)27/h1-3,8,10-11,17H,4-7,12H2. The zero-order valence-corrected chi connectivity index (χ0v) is 14.6. The van der Waals surface area contributed by atoms with E-state index in [1.54, 1.807) is 34.3 Å². The summed E-state index contributed by atoms with van der Waals surface area (Å²) in [5.74, 6) is 0.300. The van der Waals surface area contributed by atoms with Gasteiger partial charge < -0.3 is 4.90 Å². The second kappa shape index (κ2) is 7.02. The van der Waals surface area contributed by atoms with E-state index in [1.807, 2.05) is 12.1 Å². The molecule has 134 valence electrons. The van der Waals surface area contributed by atoms with Gasteiger partial charge in [0.2, 0.25) is 11.9 Å². The lowest BCUT2D eigenvalue weighted by Crippen LogP contribution is -2.64. The van der Waals surface area contributed by atoms with Crippen molar-refractivity contribution in [3.8, 4) is 23.4 Å². The Morgan fingerprint density at radius 1 is 1.04 bits per heavy atom. The topological polar surface area (TPSA) is 100 Å². The van der Waals surface area contributed by atoms with Crippen LogP contribution in [0, 0.1) is 22.8 Å². The smallest absolute Gasteiger partial charge is 0.248 e.